The van der Waals surface area contributed by atoms with Crippen LogP contribution in [0.3, 0.4) is 0 Å². The third-order valence-electron chi connectivity index (χ3n) is 2.48. The molecule has 0 aliphatic carbocycles. The highest BCUT2D eigenvalue weighted by molar-refractivity contribution is 6.40. The maximum Gasteiger partial charge on any atom is 0.200 e. The quantitative estimate of drug-likeness (QED) is 0.675. The van der Waals surface area contributed by atoms with Crippen molar-refractivity contribution >= 4 is 52.2 Å². The van der Waals surface area contributed by atoms with Crippen molar-refractivity contribution in [2.45, 2.75) is 0 Å². The Labute approximate surface area is 136 Å². The van der Waals surface area contributed by atoms with Gasteiger partial charge in [0.25, 0.3) is 0 Å². The summed E-state index contributed by atoms with van der Waals surface area (Å²) in [5.41, 5.74) is 0.496. The molecule has 0 saturated heterocycles. The molecule has 0 fully saturated rings. The Kier molecular flexibility index (Phi) is 5.17. The minimum absolute atomic E-state index is 0.178. The van der Waals surface area contributed by atoms with Crippen LogP contribution in [0, 0.1) is 0 Å². The van der Waals surface area contributed by atoms with Gasteiger partial charge in [-0.1, -0.05) is 46.4 Å². The topological polar surface area (TPSA) is 26.3 Å². The molecule has 2 aromatic carbocycles. The number of rotatable bonds is 4. The number of hydrogen-bond acceptors (Lipinski definition) is 2. The van der Waals surface area contributed by atoms with Gasteiger partial charge in [0.1, 0.15) is 0 Å². The van der Waals surface area contributed by atoms with Crippen LogP contribution in [0.2, 0.25) is 20.1 Å². The van der Waals surface area contributed by atoms with Gasteiger partial charge in [-0.2, -0.15) is 0 Å². The normalized spacial score (nSPS) is 10.4. The van der Waals surface area contributed by atoms with E-state index in [2.05, 4.69) is 0 Å². The molecule has 0 radical (unpaired) electrons. The highest BCUT2D eigenvalue weighted by Crippen LogP contribution is 2.35. The molecule has 0 atom stereocenters. The van der Waals surface area contributed by atoms with Gasteiger partial charge in [-0.15, -0.1) is 0 Å². The molecule has 6 heteroatoms. The lowest BCUT2D eigenvalue weighted by molar-refractivity contribution is 0.0922. The summed E-state index contributed by atoms with van der Waals surface area (Å²) in [6.07, 6.45) is 0. The van der Waals surface area contributed by atoms with Gasteiger partial charge >= 0.3 is 0 Å². The monoisotopic (exact) mass is 348 g/mol. The number of carbonyl (C=O) groups is 1. The third-order valence-corrected chi connectivity index (χ3v) is 3.51. The molecule has 104 valence electrons. The zero-order chi connectivity index (χ0) is 14.7. The molecule has 0 N–H and O–H groups in total. The molecule has 2 rings (SSSR count). The van der Waals surface area contributed by atoms with Crippen LogP contribution in [-0.4, -0.2) is 12.4 Å². The van der Waals surface area contributed by atoms with Gasteiger partial charge in [-0.25, -0.2) is 0 Å². The molecule has 0 aromatic heterocycles. The SMILES string of the molecule is O=C(COc1c(Cl)cc(Cl)cc1Cl)c1ccc(Cl)cc1. The predicted octanol–water partition coefficient (Wildman–Crippen LogP) is 5.56. The van der Waals surface area contributed by atoms with Crippen molar-refractivity contribution in [2.24, 2.45) is 0 Å². The molecule has 0 aliphatic rings. The van der Waals surface area contributed by atoms with Crippen molar-refractivity contribution < 1.29 is 9.53 Å². The molecule has 2 aromatic rings. The number of benzene rings is 2. The smallest absolute Gasteiger partial charge is 0.200 e. The molecule has 0 amide bonds. The zero-order valence-corrected chi connectivity index (χ0v) is 13.0. The first-order chi connectivity index (χ1) is 9.47. The van der Waals surface area contributed by atoms with E-state index < -0.39 is 0 Å². The highest BCUT2D eigenvalue weighted by atomic mass is 35.5. The van der Waals surface area contributed by atoms with Gasteiger partial charge in [0.15, 0.2) is 18.1 Å². The molecule has 0 aliphatic heterocycles. The molecular formula is C14H8Cl4O2. The summed E-state index contributed by atoms with van der Waals surface area (Å²) in [6.45, 7) is -0.178. The number of halogens is 4. The van der Waals surface area contributed by atoms with Crippen LogP contribution in [0.5, 0.6) is 5.75 Å². The van der Waals surface area contributed by atoms with E-state index in [4.69, 9.17) is 51.1 Å². The van der Waals surface area contributed by atoms with Crippen LogP contribution >= 0.6 is 46.4 Å². The third kappa shape index (κ3) is 3.80. The fraction of sp³-hybridized carbons (Fsp3) is 0.0714. The van der Waals surface area contributed by atoms with Crippen LogP contribution in [0.25, 0.3) is 0 Å². The number of ketones is 1. The van der Waals surface area contributed by atoms with Crippen molar-refractivity contribution in [3.8, 4) is 5.75 Å². The van der Waals surface area contributed by atoms with Crippen LogP contribution in [-0.2, 0) is 0 Å². The van der Waals surface area contributed by atoms with Gasteiger partial charge in [-0.05, 0) is 36.4 Å². The van der Waals surface area contributed by atoms with Crippen LogP contribution in [0.15, 0.2) is 36.4 Å². The summed E-state index contributed by atoms with van der Waals surface area (Å²) in [5, 5.41) is 1.47. The summed E-state index contributed by atoms with van der Waals surface area (Å²) in [6, 6.07) is 9.51. The van der Waals surface area contributed by atoms with E-state index >= 15 is 0 Å². The lowest BCUT2D eigenvalue weighted by atomic mass is 10.1. The Hall–Kier alpha value is -0.930. The van der Waals surface area contributed by atoms with Gasteiger partial charge in [0.2, 0.25) is 0 Å². The number of ether oxygens (including phenoxy) is 1. The molecule has 0 heterocycles. The zero-order valence-electron chi connectivity index (χ0n) is 10.00. The summed E-state index contributed by atoms with van der Waals surface area (Å²) in [4.78, 5) is 11.9. The second-order valence-electron chi connectivity index (χ2n) is 3.92. The van der Waals surface area contributed by atoms with E-state index in [-0.39, 0.29) is 28.2 Å². The number of hydrogen-bond donors (Lipinski definition) is 0. The van der Waals surface area contributed by atoms with Crippen molar-refractivity contribution in [2.75, 3.05) is 6.61 Å². The molecule has 0 saturated carbocycles. The Morgan fingerprint density at radius 1 is 0.900 bits per heavy atom. The van der Waals surface area contributed by atoms with E-state index in [1.807, 2.05) is 0 Å². The summed E-state index contributed by atoms with van der Waals surface area (Å²) < 4.78 is 5.36. The molecule has 0 unspecified atom stereocenters. The van der Waals surface area contributed by atoms with Crippen LogP contribution in [0.4, 0.5) is 0 Å². The fourth-order valence-electron chi connectivity index (χ4n) is 1.52. The molecular weight excluding hydrogens is 342 g/mol. The van der Waals surface area contributed by atoms with E-state index in [1.54, 1.807) is 24.3 Å². The van der Waals surface area contributed by atoms with Crippen molar-refractivity contribution in [1.29, 1.82) is 0 Å². The predicted molar refractivity (Wildman–Crippen MR) is 82.7 cm³/mol. The fourth-order valence-corrected chi connectivity index (χ4v) is 2.58. The van der Waals surface area contributed by atoms with Gasteiger partial charge in [0, 0.05) is 15.6 Å². The maximum absolute atomic E-state index is 11.9. The van der Waals surface area contributed by atoms with Gasteiger partial charge in [0.05, 0.1) is 10.0 Å². The van der Waals surface area contributed by atoms with E-state index in [0.717, 1.165) is 0 Å². The van der Waals surface area contributed by atoms with E-state index in [1.165, 1.54) is 12.1 Å². The van der Waals surface area contributed by atoms with Crippen LogP contribution < -0.4 is 4.74 Å². The number of Topliss-reactive ketones (excluding diaryl/α,β-unsaturated/α-hetero) is 1. The second-order valence-corrected chi connectivity index (χ2v) is 5.60. The number of carbonyl (C=O) groups excluding carboxylic acids is 1. The van der Waals surface area contributed by atoms with E-state index in [0.29, 0.717) is 15.6 Å². The van der Waals surface area contributed by atoms with Crippen molar-refractivity contribution in [3.05, 3.63) is 62.1 Å². The van der Waals surface area contributed by atoms with Gasteiger partial charge < -0.3 is 4.74 Å². The Bertz CT molecular complexity index is 615. The first-order valence-corrected chi connectivity index (χ1v) is 7.04. The average molecular weight is 350 g/mol. The average Bonchev–Trinajstić information content (AvgIpc) is 2.38. The lowest BCUT2D eigenvalue weighted by Gasteiger charge is -2.09. The van der Waals surface area contributed by atoms with Crippen LogP contribution in [0.1, 0.15) is 10.4 Å². The molecule has 20 heavy (non-hydrogen) atoms. The van der Waals surface area contributed by atoms with Gasteiger partial charge in [-0.3, -0.25) is 4.79 Å². The molecule has 2 nitrogen and oxygen atoms in total. The lowest BCUT2D eigenvalue weighted by Crippen LogP contribution is -2.11. The minimum Gasteiger partial charge on any atom is -0.482 e. The Balaban J connectivity index is 2.09. The molecule has 0 bridgehead atoms. The largest absolute Gasteiger partial charge is 0.482 e. The minimum atomic E-state index is -0.205. The first kappa shape index (κ1) is 15.5. The first-order valence-electron chi connectivity index (χ1n) is 5.53. The summed E-state index contributed by atoms with van der Waals surface area (Å²) in [5.74, 6) is 0.0313. The standard InChI is InChI=1S/C14H8Cl4O2/c15-9-3-1-8(2-4-9)13(19)7-20-14-11(17)5-10(16)6-12(14)18/h1-6H,7H2. The maximum atomic E-state index is 11.9. The summed E-state index contributed by atoms with van der Waals surface area (Å²) in [7, 11) is 0. The second kappa shape index (κ2) is 6.68. The highest BCUT2D eigenvalue weighted by Gasteiger charge is 2.12. The Morgan fingerprint density at radius 2 is 1.45 bits per heavy atom. The summed E-state index contributed by atoms with van der Waals surface area (Å²) >= 11 is 23.5. The Morgan fingerprint density at radius 3 is 2.00 bits per heavy atom. The van der Waals surface area contributed by atoms with E-state index in [9.17, 15) is 4.79 Å². The molecule has 0 spiro atoms. The van der Waals surface area contributed by atoms with Crippen molar-refractivity contribution in [3.63, 3.8) is 0 Å². The van der Waals surface area contributed by atoms with Crippen molar-refractivity contribution in [1.82, 2.24) is 0 Å².